The SMILES string of the molecule is CC[C@H]1O[C@@H](n2c(=O)[nH]c3ccccc32)CC1I. The molecule has 2 aromatic rings. The van der Waals surface area contributed by atoms with E-state index in [9.17, 15) is 4.79 Å². The molecule has 1 aromatic carbocycles. The van der Waals surface area contributed by atoms with E-state index in [1.807, 2.05) is 24.3 Å². The Balaban J connectivity index is 2.05. The van der Waals surface area contributed by atoms with Crippen LogP contribution in [0, 0.1) is 0 Å². The van der Waals surface area contributed by atoms with Crippen molar-refractivity contribution in [2.24, 2.45) is 0 Å². The van der Waals surface area contributed by atoms with Gasteiger partial charge in [0.15, 0.2) is 0 Å². The summed E-state index contributed by atoms with van der Waals surface area (Å²) in [4.78, 5) is 14.9. The first kappa shape index (κ1) is 12.2. The zero-order valence-electron chi connectivity index (χ0n) is 10.1. The lowest BCUT2D eigenvalue weighted by atomic mass is 10.2. The summed E-state index contributed by atoms with van der Waals surface area (Å²) in [6.07, 6.45) is 1.99. The van der Waals surface area contributed by atoms with Gasteiger partial charge in [0.05, 0.1) is 17.1 Å². The van der Waals surface area contributed by atoms with E-state index >= 15 is 0 Å². The number of H-pyrrole nitrogens is 1. The fourth-order valence-corrected chi connectivity index (χ4v) is 3.68. The molecule has 3 rings (SSSR count). The van der Waals surface area contributed by atoms with Gasteiger partial charge in [0.1, 0.15) is 6.23 Å². The first-order valence-electron chi connectivity index (χ1n) is 6.19. The fourth-order valence-electron chi connectivity index (χ4n) is 2.57. The number of benzene rings is 1. The van der Waals surface area contributed by atoms with E-state index in [-0.39, 0.29) is 18.0 Å². The number of alkyl halides is 1. The number of hydrogen-bond acceptors (Lipinski definition) is 2. The Kier molecular flexibility index (Phi) is 3.19. The van der Waals surface area contributed by atoms with E-state index in [4.69, 9.17) is 4.74 Å². The average Bonchev–Trinajstić information content (AvgIpc) is 2.88. The topological polar surface area (TPSA) is 47.0 Å². The van der Waals surface area contributed by atoms with Crippen molar-refractivity contribution in [3.8, 4) is 0 Å². The van der Waals surface area contributed by atoms with E-state index in [1.54, 1.807) is 4.57 Å². The lowest BCUT2D eigenvalue weighted by Crippen LogP contribution is -2.22. The lowest BCUT2D eigenvalue weighted by molar-refractivity contribution is 0.00270. The van der Waals surface area contributed by atoms with Crippen molar-refractivity contribution >= 4 is 33.6 Å². The Morgan fingerprint density at radius 3 is 3.00 bits per heavy atom. The molecule has 1 saturated heterocycles. The molecular formula is C13H15IN2O2. The molecule has 5 heteroatoms. The zero-order valence-corrected chi connectivity index (χ0v) is 12.3. The van der Waals surface area contributed by atoms with Crippen molar-refractivity contribution in [2.75, 3.05) is 0 Å². The number of aromatic nitrogens is 2. The van der Waals surface area contributed by atoms with Crippen molar-refractivity contribution in [3.63, 3.8) is 0 Å². The maximum atomic E-state index is 12.1. The molecule has 4 nitrogen and oxygen atoms in total. The molecule has 0 amide bonds. The third-order valence-electron chi connectivity index (χ3n) is 3.48. The van der Waals surface area contributed by atoms with Crippen molar-refractivity contribution in [1.82, 2.24) is 9.55 Å². The molecule has 1 N–H and O–H groups in total. The Morgan fingerprint density at radius 2 is 2.28 bits per heavy atom. The van der Waals surface area contributed by atoms with Gasteiger partial charge in [-0.2, -0.15) is 0 Å². The van der Waals surface area contributed by atoms with Crippen LogP contribution in [0.3, 0.4) is 0 Å². The lowest BCUT2D eigenvalue weighted by Gasteiger charge is -2.13. The molecule has 3 atom stereocenters. The summed E-state index contributed by atoms with van der Waals surface area (Å²) in [6, 6.07) is 7.74. The molecular weight excluding hydrogens is 343 g/mol. The van der Waals surface area contributed by atoms with Crippen LogP contribution in [0.15, 0.2) is 29.1 Å². The van der Waals surface area contributed by atoms with Crippen LogP contribution in [0.1, 0.15) is 26.0 Å². The molecule has 96 valence electrons. The molecule has 1 aliphatic rings. The minimum absolute atomic E-state index is 0.0819. The van der Waals surface area contributed by atoms with E-state index in [2.05, 4.69) is 34.5 Å². The normalized spacial score (nSPS) is 28.0. The third-order valence-corrected chi connectivity index (χ3v) is 4.79. The second-order valence-corrected chi connectivity index (χ2v) is 6.21. The summed E-state index contributed by atoms with van der Waals surface area (Å²) in [5.74, 6) is 0. The highest BCUT2D eigenvalue weighted by Gasteiger charge is 2.34. The second-order valence-electron chi connectivity index (χ2n) is 4.61. The van der Waals surface area contributed by atoms with Crippen molar-refractivity contribution in [3.05, 3.63) is 34.7 Å². The Morgan fingerprint density at radius 1 is 1.50 bits per heavy atom. The highest BCUT2D eigenvalue weighted by molar-refractivity contribution is 14.1. The van der Waals surface area contributed by atoms with Gasteiger partial charge in [-0.05, 0) is 18.6 Å². The number of halogens is 1. The van der Waals surface area contributed by atoms with Gasteiger partial charge in [0, 0.05) is 10.3 Å². The summed E-state index contributed by atoms with van der Waals surface area (Å²) >= 11 is 2.42. The summed E-state index contributed by atoms with van der Waals surface area (Å²) < 4.78 is 8.21. The van der Waals surface area contributed by atoms with Crippen molar-refractivity contribution in [2.45, 2.75) is 36.0 Å². The van der Waals surface area contributed by atoms with Crippen LogP contribution in [0.4, 0.5) is 0 Å². The van der Waals surface area contributed by atoms with Gasteiger partial charge < -0.3 is 9.72 Å². The summed E-state index contributed by atoms with van der Waals surface area (Å²) in [5.41, 5.74) is 1.71. The van der Waals surface area contributed by atoms with Gasteiger partial charge in [-0.3, -0.25) is 4.57 Å². The Hall–Kier alpha value is -0.820. The maximum Gasteiger partial charge on any atom is 0.328 e. The summed E-state index contributed by atoms with van der Waals surface area (Å²) in [5, 5.41) is 0. The molecule has 0 bridgehead atoms. The van der Waals surface area contributed by atoms with Crippen LogP contribution in [-0.4, -0.2) is 19.6 Å². The number of rotatable bonds is 2. The first-order chi connectivity index (χ1) is 8.70. The zero-order chi connectivity index (χ0) is 12.7. The van der Waals surface area contributed by atoms with Crippen LogP contribution < -0.4 is 5.69 Å². The fraction of sp³-hybridized carbons (Fsp3) is 0.462. The molecule has 0 radical (unpaired) electrons. The summed E-state index contributed by atoms with van der Waals surface area (Å²) in [7, 11) is 0. The van der Waals surface area contributed by atoms with Crippen LogP contribution in [-0.2, 0) is 4.74 Å². The number of para-hydroxylation sites is 2. The minimum atomic E-state index is -0.138. The van der Waals surface area contributed by atoms with Gasteiger partial charge in [-0.1, -0.05) is 41.6 Å². The van der Waals surface area contributed by atoms with E-state index in [1.165, 1.54) is 0 Å². The van der Waals surface area contributed by atoms with Crippen molar-refractivity contribution in [1.29, 1.82) is 0 Å². The second kappa shape index (κ2) is 4.70. The molecule has 0 spiro atoms. The van der Waals surface area contributed by atoms with Gasteiger partial charge in [-0.15, -0.1) is 0 Å². The number of fused-ring (bicyclic) bond motifs is 1. The molecule has 18 heavy (non-hydrogen) atoms. The quantitative estimate of drug-likeness (QED) is 0.663. The highest BCUT2D eigenvalue weighted by atomic mass is 127. The number of ether oxygens (including phenoxy) is 1. The number of aromatic amines is 1. The third kappa shape index (κ3) is 1.89. The van der Waals surface area contributed by atoms with E-state index in [0.29, 0.717) is 3.92 Å². The molecule has 1 unspecified atom stereocenters. The van der Waals surface area contributed by atoms with Gasteiger partial charge in [-0.25, -0.2) is 4.79 Å². The Labute approximate surface area is 118 Å². The van der Waals surface area contributed by atoms with Crippen LogP contribution in [0.2, 0.25) is 0 Å². The van der Waals surface area contributed by atoms with E-state index < -0.39 is 0 Å². The van der Waals surface area contributed by atoms with E-state index in [0.717, 1.165) is 23.9 Å². The number of imidazole rings is 1. The molecule has 2 heterocycles. The van der Waals surface area contributed by atoms with Crippen LogP contribution in [0.5, 0.6) is 0 Å². The molecule has 1 aliphatic heterocycles. The predicted octanol–water partition coefficient (Wildman–Crippen LogP) is 2.83. The number of hydrogen-bond donors (Lipinski definition) is 1. The van der Waals surface area contributed by atoms with Gasteiger partial charge in [0.25, 0.3) is 0 Å². The van der Waals surface area contributed by atoms with Crippen LogP contribution >= 0.6 is 22.6 Å². The molecule has 1 aromatic heterocycles. The molecule has 0 aliphatic carbocycles. The molecule has 1 fully saturated rings. The minimum Gasteiger partial charge on any atom is -0.353 e. The monoisotopic (exact) mass is 358 g/mol. The van der Waals surface area contributed by atoms with Gasteiger partial charge >= 0.3 is 5.69 Å². The predicted molar refractivity (Wildman–Crippen MR) is 79.2 cm³/mol. The highest BCUT2D eigenvalue weighted by Crippen LogP contribution is 2.35. The average molecular weight is 358 g/mol. The smallest absolute Gasteiger partial charge is 0.328 e. The Bertz CT molecular complexity index is 619. The van der Waals surface area contributed by atoms with Crippen LogP contribution in [0.25, 0.3) is 11.0 Å². The summed E-state index contributed by atoms with van der Waals surface area (Å²) in [6.45, 7) is 2.12. The first-order valence-corrected chi connectivity index (χ1v) is 7.44. The number of nitrogens with one attached hydrogen (secondary N) is 1. The largest absolute Gasteiger partial charge is 0.353 e. The van der Waals surface area contributed by atoms with Crippen molar-refractivity contribution < 1.29 is 4.74 Å². The standard InChI is InChI=1S/C13H15IN2O2/c1-2-11-8(14)7-12(18-11)16-10-6-4-3-5-9(10)15-13(16)17/h3-6,8,11-12H,2,7H2,1H3,(H,15,17)/t8?,11-,12-/m1/s1. The number of nitrogens with zero attached hydrogens (tertiary/aromatic N) is 1. The molecule has 0 saturated carbocycles. The maximum absolute atomic E-state index is 12.1. The van der Waals surface area contributed by atoms with Gasteiger partial charge in [0.2, 0.25) is 0 Å².